The molecule has 0 bridgehead atoms. The molecule has 170 valence electrons. The molecule has 2 saturated heterocycles. The molecule has 1 spiro atoms. The number of hydrogen-bond donors (Lipinski definition) is 3. The lowest BCUT2D eigenvalue weighted by atomic mass is 9.74. The lowest BCUT2D eigenvalue weighted by Crippen LogP contribution is -2.49. The zero-order chi connectivity index (χ0) is 22.0. The van der Waals surface area contributed by atoms with Crippen molar-refractivity contribution < 1.29 is 9.90 Å². The highest BCUT2D eigenvalue weighted by Gasteiger charge is 2.41. The second kappa shape index (κ2) is 9.12. The Bertz CT molecular complexity index is 918. The minimum atomic E-state index is -0.322. The lowest BCUT2D eigenvalue weighted by molar-refractivity contribution is 0.0266. The quantitative estimate of drug-likeness (QED) is 0.686. The van der Waals surface area contributed by atoms with Crippen molar-refractivity contribution in [1.29, 1.82) is 0 Å². The minimum Gasteiger partial charge on any atom is -0.392 e. The maximum atomic E-state index is 12.5. The van der Waals surface area contributed by atoms with Crippen LogP contribution in [0.3, 0.4) is 0 Å². The van der Waals surface area contributed by atoms with Gasteiger partial charge in [-0.1, -0.05) is 36.4 Å². The second-order valence-corrected chi connectivity index (χ2v) is 9.67. The van der Waals surface area contributed by atoms with Crippen LogP contribution in [0.5, 0.6) is 0 Å². The molecule has 2 fully saturated rings. The van der Waals surface area contributed by atoms with Gasteiger partial charge in [-0.15, -0.1) is 0 Å². The fourth-order valence-corrected chi connectivity index (χ4v) is 5.69. The van der Waals surface area contributed by atoms with E-state index in [9.17, 15) is 9.90 Å². The normalized spacial score (nSPS) is 21.7. The number of fused-ring (bicyclic) bond motifs is 2. The zero-order valence-electron chi connectivity index (χ0n) is 18.7. The number of piperidine rings is 2. The first-order chi connectivity index (χ1) is 15.6. The minimum absolute atomic E-state index is 0.0454. The number of amides is 2. The van der Waals surface area contributed by atoms with Crippen LogP contribution < -0.4 is 10.6 Å². The van der Waals surface area contributed by atoms with Crippen molar-refractivity contribution in [1.82, 2.24) is 9.80 Å². The molecule has 2 aromatic carbocycles. The number of aliphatic hydroxyl groups excluding tert-OH is 1. The number of urea groups is 1. The van der Waals surface area contributed by atoms with E-state index >= 15 is 0 Å². The van der Waals surface area contributed by atoms with Gasteiger partial charge in [-0.2, -0.15) is 0 Å². The number of para-hydroxylation sites is 2. The van der Waals surface area contributed by atoms with Crippen LogP contribution in [0.4, 0.5) is 16.2 Å². The van der Waals surface area contributed by atoms with Crippen molar-refractivity contribution in [3.63, 3.8) is 0 Å². The standard InChI is InChI=1S/C26H34N4O2/c31-24(20-10-14-30(15-11-20)25(32)28-21-6-2-1-3-7-21)18-29-16-12-26(13-17-29)19-27-23-9-5-4-8-22(23)26/h1-9,20,24,27,31H,10-19H2,(H,28,32). The van der Waals surface area contributed by atoms with Crippen molar-refractivity contribution >= 4 is 17.4 Å². The van der Waals surface area contributed by atoms with Crippen LogP contribution in [0.1, 0.15) is 31.2 Å². The summed E-state index contributed by atoms with van der Waals surface area (Å²) in [5.74, 6) is 0.264. The number of likely N-dealkylation sites (tertiary alicyclic amines) is 2. The number of benzene rings is 2. The van der Waals surface area contributed by atoms with Gasteiger partial charge in [0.05, 0.1) is 6.10 Å². The Kier molecular flexibility index (Phi) is 6.07. The van der Waals surface area contributed by atoms with Gasteiger partial charge in [0.2, 0.25) is 0 Å². The molecule has 3 N–H and O–H groups in total. The Labute approximate surface area is 190 Å². The molecule has 3 aliphatic rings. The fourth-order valence-electron chi connectivity index (χ4n) is 5.69. The highest BCUT2D eigenvalue weighted by atomic mass is 16.3. The summed E-state index contributed by atoms with van der Waals surface area (Å²) in [4.78, 5) is 16.8. The smallest absolute Gasteiger partial charge is 0.321 e. The Morgan fingerprint density at radius 1 is 1.03 bits per heavy atom. The van der Waals surface area contributed by atoms with E-state index in [-0.39, 0.29) is 23.5 Å². The van der Waals surface area contributed by atoms with Crippen molar-refractivity contribution in [3.8, 4) is 0 Å². The van der Waals surface area contributed by atoms with E-state index in [2.05, 4.69) is 39.8 Å². The van der Waals surface area contributed by atoms with Crippen molar-refractivity contribution in [2.24, 2.45) is 5.92 Å². The monoisotopic (exact) mass is 434 g/mol. The zero-order valence-corrected chi connectivity index (χ0v) is 18.7. The molecule has 0 aliphatic carbocycles. The summed E-state index contributed by atoms with van der Waals surface area (Å²) < 4.78 is 0. The number of β-amino-alcohol motifs (C(OH)–C–C–N with tert-alkyl or cyclic N) is 1. The molecular weight excluding hydrogens is 400 g/mol. The number of aliphatic hydroxyl groups is 1. The number of carbonyl (C=O) groups is 1. The Morgan fingerprint density at radius 2 is 1.72 bits per heavy atom. The number of hydrogen-bond acceptors (Lipinski definition) is 4. The van der Waals surface area contributed by atoms with Gasteiger partial charge < -0.3 is 25.5 Å². The first-order valence-electron chi connectivity index (χ1n) is 12.0. The van der Waals surface area contributed by atoms with E-state index in [0.717, 1.165) is 57.5 Å². The highest BCUT2D eigenvalue weighted by Crippen LogP contribution is 2.43. The molecule has 1 unspecified atom stereocenters. The van der Waals surface area contributed by atoms with Crippen LogP contribution in [0.25, 0.3) is 0 Å². The third kappa shape index (κ3) is 4.34. The fraction of sp³-hybridized carbons (Fsp3) is 0.500. The van der Waals surface area contributed by atoms with Crippen LogP contribution in [0.15, 0.2) is 54.6 Å². The summed E-state index contributed by atoms with van der Waals surface area (Å²) in [5, 5.41) is 17.5. The Hall–Kier alpha value is -2.57. The number of nitrogens with zero attached hydrogens (tertiary/aromatic N) is 2. The molecule has 2 amide bonds. The predicted molar refractivity (Wildman–Crippen MR) is 128 cm³/mol. The SMILES string of the molecule is O=C(Nc1ccccc1)N1CCC(C(O)CN2CCC3(CC2)CNc2ccccc23)CC1. The van der Waals surface area contributed by atoms with E-state index in [4.69, 9.17) is 0 Å². The third-order valence-corrected chi connectivity index (χ3v) is 7.77. The predicted octanol–water partition coefficient (Wildman–Crippen LogP) is 3.75. The van der Waals surface area contributed by atoms with Crippen molar-refractivity contribution in [3.05, 3.63) is 60.2 Å². The molecule has 0 aromatic heterocycles. The molecule has 0 saturated carbocycles. The van der Waals surface area contributed by atoms with E-state index in [1.807, 2.05) is 35.2 Å². The van der Waals surface area contributed by atoms with Gasteiger partial charge in [0.1, 0.15) is 0 Å². The van der Waals surface area contributed by atoms with Crippen molar-refractivity contribution in [2.75, 3.05) is 49.9 Å². The molecular formula is C26H34N4O2. The summed E-state index contributed by atoms with van der Waals surface area (Å²) in [7, 11) is 0. The Balaban J connectivity index is 1.08. The van der Waals surface area contributed by atoms with Crippen LogP contribution >= 0.6 is 0 Å². The van der Waals surface area contributed by atoms with E-state index < -0.39 is 0 Å². The third-order valence-electron chi connectivity index (χ3n) is 7.77. The largest absolute Gasteiger partial charge is 0.392 e. The maximum Gasteiger partial charge on any atom is 0.321 e. The van der Waals surface area contributed by atoms with Crippen LogP contribution in [-0.4, -0.2) is 66.3 Å². The molecule has 6 nitrogen and oxygen atoms in total. The molecule has 3 heterocycles. The van der Waals surface area contributed by atoms with Crippen molar-refractivity contribution in [2.45, 2.75) is 37.2 Å². The summed E-state index contributed by atoms with van der Waals surface area (Å²) in [6.07, 6.45) is 3.68. The number of carbonyl (C=O) groups excluding carboxylic acids is 1. The van der Waals surface area contributed by atoms with Gasteiger partial charge >= 0.3 is 6.03 Å². The van der Waals surface area contributed by atoms with Crippen LogP contribution in [0.2, 0.25) is 0 Å². The van der Waals surface area contributed by atoms with E-state index in [1.165, 1.54) is 11.3 Å². The molecule has 3 aliphatic heterocycles. The van der Waals surface area contributed by atoms with Crippen LogP contribution in [-0.2, 0) is 5.41 Å². The highest BCUT2D eigenvalue weighted by molar-refractivity contribution is 5.89. The number of rotatable bonds is 4. The van der Waals surface area contributed by atoms with Gasteiger partial charge in [-0.25, -0.2) is 4.79 Å². The first-order valence-corrected chi connectivity index (χ1v) is 12.0. The topological polar surface area (TPSA) is 67.8 Å². The summed E-state index contributed by atoms with van der Waals surface area (Å²) in [5.41, 5.74) is 3.85. The molecule has 2 aromatic rings. The molecule has 32 heavy (non-hydrogen) atoms. The summed E-state index contributed by atoms with van der Waals surface area (Å²) >= 11 is 0. The summed E-state index contributed by atoms with van der Waals surface area (Å²) in [6, 6.07) is 18.3. The van der Waals surface area contributed by atoms with Gasteiger partial charge in [-0.3, -0.25) is 0 Å². The molecule has 5 rings (SSSR count). The molecule has 6 heteroatoms. The van der Waals surface area contributed by atoms with Gasteiger partial charge in [0.25, 0.3) is 0 Å². The van der Waals surface area contributed by atoms with Gasteiger partial charge in [0.15, 0.2) is 0 Å². The van der Waals surface area contributed by atoms with Gasteiger partial charge in [-0.05, 0) is 68.5 Å². The van der Waals surface area contributed by atoms with E-state index in [0.29, 0.717) is 13.1 Å². The average Bonchev–Trinajstić information content (AvgIpc) is 3.19. The van der Waals surface area contributed by atoms with Gasteiger partial charge in [0, 0.05) is 43.0 Å². The van der Waals surface area contributed by atoms with Crippen LogP contribution in [0, 0.1) is 5.92 Å². The average molecular weight is 435 g/mol. The number of anilines is 2. The lowest BCUT2D eigenvalue weighted by Gasteiger charge is -2.41. The summed E-state index contributed by atoms with van der Waals surface area (Å²) in [6.45, 7) is 5.24. The Morgan fingerprint density at radius 3 is 2.47 bits per heavy atom. The second-order valence-electron chi connectivity index (χ2n) is 9.67. The molecule has 1 atom stereocenters. The maximum absolute atomic E-state index is 12.5. The molecule has 0 radical (unpaired) electrons. The first kappa shape index (κ1) is 21.3. The van der Waals surface area contributed by atoms with E-state index in [1.54, 1.807) is 0 Å². The number of nitrogens with one attached hydrogen (secondary N) is 2.